The van der Waals surface area contributed by atoms with Crippen LogP contribution in [-0.4, -0.2) is 35.9 Å². The number of nitrogen functional groups attached to an aromatic ring is 1. The van der Waals surface area contributed by atoms with E-state index < -0.39 is 53.0 Å². The molecule has 3 N–H and O–H groups in total. The van der Waals surface area contributed by atoms with Crippen molar-refractivity contribution in [3.63, 3.8) is 0 Å². The van der Waals surface area contributed by atoms with Crippen LogP contribution in [-0.2, 0) is 9.53 Å². The first-order chi connectivity index (χ1) is 14.4. The van der Waals surface area contributed by atoms with Gasteiger partial charge >= 0.3 is 6.18 Å². The normalized spacial score (nSPS) is 26.0. The molecule has 4 atom stereocenters. The van der Waals surface area contributed by atoms with Crippen molar-refractivity contribution >= 4 is 17.4 Å². The van der Waals surface area contributed by atoms with Gasteiger partial charge in [0.1, 0.15) is 11.9 Å². The van der Waals surface area contributed by atoms with E-state index in [1.807, 2.05) is 0 Å². The topological polar surface area (TPSA) is 86.5 Å². The molecule has 168 valence electrons. The first-order valence-corrected chi connectivity index (χ1v) is 9.19. The number of hydrogen-bond donors (Lipinski definition) is 2. The lowest BCUT2D eigenvalue weighted by Crippen LogP contribution is -2.47. The maximum atomic E-state index is 14.3. The summed E-state index contributed by atoms with van der Waals surface area (Å²) in [4.78, 5) is 16.7. The van der Waals surface area contributed by atoms with Gasteiger partial charge in [0.25, 0.3) is 5.91 Å². The third-order valence-corrected chi connectivity index (χ3v) is 5.62. The van der Waals surface area contributed by atoms with Crippen molar-refractivity contribution in [2.24, 2.45) is 5.92 Å². The predicted molar refractivity (Wildman–Crippen MR) is 101 cm³/mol. The van der Waals surface area contributed by atoms with Gasteiger partial charge in [-0.2, -0.15) is 17.6 Å². The first kappa shape index (κ1) is 22.7. The van der Waals surface area contributed by atoms with Crippen LogP contribution in [0.15, 0.2) is 30.5 Å². The maximum absolute atomic E-state index is 14.3. The van der Waals surface area contributed by atoms with Crippen molar-refractivity contribution in [2.75, 3.05) is 18.2 Å². The lowest BCUT2D eigenvalue weighted by Gasteiger charge is -2.32. The SMILES string of the molecule is COc1c([C@@H]2[C@@H](C(=O)Nc3ccnc(N)c3)O[C@](C)(C(F)(F)F)[C@@H]2C)ccc(F)c1F. The Morgan fingerprint density at radius 3 is 2.55 bits per heavy atom. The standard InChI is InChI=1S/C20H20F5N3O3/c1-9-14(11-4-5-12(21)15(22)16(11)30-3)17(31-19(9,2)20(23,24)25)18(29)28-10-6-7-27-13(26)8-10/h4-9,14,17H,1-3H3,(H3,26,27,28,29)/t9-,14-,17+,19+/m1/s1. The number of carbonyl (C=O) groups is 1. The van der Waals surface area contributed by atoms with E-state index in [1.165, 1.54) is 25.3 Å². The molecule has 3 rings (SSSR count). The van der Waals surface area contributed by atoms with Crippen molar-refractivity contribution in [1.82, 2.24) is 4.98 Å². The van der Waals surface area contributed by atoms with Crippen LogP contribution in [0.4, 0.5) is 33.5 Å². The van der Waals surface area contributed by atoms with Gasteiger partial charge in [-0.3, -0.25) is 4.79 Å². The fraction of sp³-hybridized carbons (Fsp3) is 0.400. The number of benzene rings is 1. The zero-order valence-electron chi connectivity index (χ0n) is 16.8. The molecule has 1 amide bonds. The van der Waals surface area contributed by atoms with Gasteiger partial charge < -0.3 is 20.5 Å². The highest BCUT2D eigenvalue weighted by Crippen LogP contribution is 2.54. The van der Waals surface area contributed by atoms with Gasteiger partial charge in [-0.05, 0) is 19.1 Å². The summed E-state index contributed by atoms with van der Waals surface area (Å²) in [7, 11) is 1.06. The number of pyridine rings is 1. The van der Waals surface area contributed by atoms with Crippen LogP contribution in [0.3, 0.4) is 0 Å². The molecule has 1 aromatic heterocycles. The number of rotatable bonds is 4. The Bertz CT molecular complexity index is 1000. The number of amides is 1. The first-order valence-electron chi connectivity index (χ1n) is 9.19. The number of anilines is 2. The molecule has 0 unspecified atom stereocenters. The summed E-state index contributed by atoms with van der Waals surface area (Å²) in [6.07, 6.45) is -5.22. The van der Waals surface area contributed by atoms with Gasteiger partial charge in [0.15, 0.2) is 17.2 Å². The molecule has 0 saturated carbocycles. The third kappa shape index (κ3) is 3.89. The molecule has 1 saturated heterocycles. The fourth-order valence-corrected chi connectivity index (χ4v) is 3.78. The van der Waals surface area contributed by atoms with E-state index in [9.17, 15) is 26.7 Å². The molecular formula is C20H20F5N3O3. The number of hydrogen-bond acceptors (Lipinski definition) is 5. The summed E-state index contributed by atoms with van der Waals surface area (Å²) in [5.74, 6) is -6.66. The van der Waals surface area contributed by atoms with Crippen LogP contribution in [0.2, 0.25) is 0 Å². The van der Waals surface area contributed by atoms with Crippen LogP contribution < -0.4 is 15.8 Å². The smallest absolute Gasteiger partial charge is 0.417 e. The molecule has 0 aliphatic carbocycles. The molecule has 2 heterocycles. The minimum atomic E-state index is -4.84. The van der Waals surface area contributed by atoms with Crippen LogP contribution in [0, 0.1) is 17.6 Å². The van der Waals surface area contributed by atoms with Gasteiger partial charge in [-0.25, -0.2) is 9.37 Å². The molecule has 11 heteroatoms. The fourth-order valence-electron chi connectivity index (χ4n) is 3.78. The highest BCUT2D eigenvalue weighted by atomic mass is 19.4. The van der Waals surface area contributed by atoms with Crippen molar-refractivity contribution < 1.29 is 36.2 Å². The second kappa shape index (κ2) is 7.95. The van der Waals surface area contributed by atoms with E-state index in [-0.39, 0.29) is 17.1 Å². The number of nitrogens with two attached hydrogens (primary N) is 1. The highest BCUT2D eigenvalue weighted by molar-refractivity contribution is 5.95. The van der Waals surface area contributed by atoms with Crippen LogP contribution in [0.5, 0.6) is 5.75 Å². The van der Waals surface area contributed by atoms with E-state index in [2.05, 4.69) is 10.3 Å². The summed E-state index contributed by atoms with van der Waals surface area (Å²) in [5.41, 5.74) is 2.90. The van der Waals surface area contributed by atoms with Crippen LogP contribution >= 0.6 is 0 Å². The minimum Gasteiger partial charge on any atom is -0.493 e. The van der Waals surface area contributed by atoms with E-state index in [1.54, 1.807) is 0 Å². The summed E-state index contributed by atoms with van der Waals surface area (Å²) in [5, 5.41) is 2.44. The average Bonchev–Trinajstić information content (AvgIpc) is 2.96. The van der Waals surface area contributed by atoms with Crippen molar-refractivity contribution in [3.8, 4) is 5.75 Å². The molecule has 1 aromatic carbocycles. The van der Waals surface area contributed by atoms with Gasteiger partial charge in [-0.1, -0.05) is 13.0 Å². The molecule has 1 aliphatic heterocycles. The van der Waals surface area contributed by atoms with E-state index in [0.717, 1.165) is 26.2 Å². The minimum absolute atomic E-state index is 0.0810. The van der Waals surface area contributed by atoms with Crippen molar-refractivity contribution in [1.29, 1.82) is 0 Å². The number of halogens is 5. The van der Waals surface area contributed by atoms with E-state index in [4.69, 9.17) is 15.2 Å². The molecule has 6 nitrogen and oxygen atoms in total. The van der Waals surface area contributed by atoms with Gasteiger partial charge in [-0.15, -0.1) is 0 Å². The number of methoxy groups -OCH3 is 1. The molecule has 2 aromatic rings. The van der Waals surface area contributed by atoms with Gasteiger partial charge in [0.2, 0.25) is 5.82 Å². The Morgan fingerprint density at radius 2 is 1.97 bits per heavy atom. The Labute approximate surface area is 174 Å². The molecule has 0 bridgehead atoms. The maximum Gasteiger partial charge on any atom is 0.417 e. The van der Waals surface area contributed by atoms with E-state index in [0.29, 0.717) is 0 Å². The Balaban J connectivity index is 2.09. The monoisotopic (exact) mass is 445 g/mol. The van der Waals surface area contributed by atoms with E-state index >= 15 is 0 Å². The largest absolute Gasteiger partial charge is 0.493 e. The van der Waals surface area contributed by atoms with Crippen molar-refractivity contribution in [3.05, 3.63) is 47.7 Å². The second-order valence-corrected chi connectivity index (χ2v) is 7.40. The Morgan fingerprint density at radius 1 is 1.29 bits per heavy atom. The molecule has 31 heavy (non-hydrogen) atoms. The number of nitrogens with one attached hydrogen (secondary N) is 1. The Kier molecular flexibility index (Phi) is 5.83. The van der Waals surface area contributed by atoms with Crippen LogP contribution in [0.25, 0.3) is 0 Å². The zero-order chi connectivity index (χ0) is 23.1. The number of alkyl halides is 3. The summed E-state index contributed by atoms with van der Waals surface area (Å²) < 4.78 is 79.8. The predicted octanol–water partition coefficient (Wildman–Crippen LogP) is 4.03. The number of aromatic nitrogens is 1. The van der Waals surface area contributed by atoms with Crippen molar-refractivity contribution in [2.45, 2.75) is 37.6 Å². The number of ether oxygens (including phenoxy) is 2. The van der Waals surface area contributed by atoms with Gasteiger partial charge in [0.05, 0.1) is 7.11 Å². The number of nitrogens with zero attached hydrogens (tertiary/aromatic N) is 1. The molecule has 1 fully saturated rings. The highest BCUT2D eigenvalue weighted by Gasteiger charge is 2.65. The number of carbonyl (C=O) groups excluding carboxylic acids is 1. The summed E-state index contributed by atoms with van der Waals surface area (Å²) >= 11 is 0. The molecule has 1 aliphatic rings. The quantitative estimate of drug-likeness (QED) is 0.694. The lowest BCUT2D eigenvalue weighted by molar-refractivity contribution is -0.272. The molecule has 0 spiro atoms. The summed E-state index contributed by atoms with van der Waals surface area (Å²) in [6.45, 7) is 2.05. The lowest BCUT2D eigenvalue weighted by atomic mass is 9.77. The average molecular weight is 445 g/mol. The third-order valence-electron chi connectivity index (χ3n) is 5.62. The summed E-state index contributed by atoms with van der Waals surface area (Å²) in [6, 6.07) is 4.56. The molecular weight excluding hydrogens is 425 g/mol. The second-order valence-electron chi connectivity index (χ2n) is 7.40. The Hall–Kier alpha value is -2.95. The molecule has 0 radical (unpaired) electrons. The van der Waals surface area contributed by atoms with Crippen LogP contribution in [0.1, 0.15) is 25.3 Å². The van der Waals surface area contributed by atoms with Gasteiger partial charge in [0, 0.05) is 35.3 Å². The zero-order valence-corrected chi connectivity index (χ0v) is 16.8.